The summed E-state index contributed by atoms with van der Waals surface area (Å²) in [6, 6.07) is 19.8. The standard InChI is InChI=1S/C20H21BrO4/c21-17-13-24-18(14-23-11-15-7-3-1-4-8-15)20(19(17)22)25-12-16-9-5-2-6-10-16/h1-10,13,18-20,22H,11-12,14H2/t18-,19+,20-/m1/s1. The number of benzene rings is 2. The Balaban J connectivity index is 1.57. The highest BCUT2D eigenvalue weighted by atomic mass is 79.9. The minimum atomic E-state index is -0.775. The summed E-state index contributed by atoms with van der Waals surface area (Å²) < 4.78 is 18.0. The van der Waals surface area contributed by atoms with Gasteiger partial charge in [0.1, 0.15) is 12.2 Å². The second-order valence-electron chi connectivity index (χ2n) is 5.88. The van der Waals surface area contributed by atoms with Crippen LogP contribution in [0.5, 0.6) is 0 Å². The van der Waals surface area contributed by atoms with Crippen molar-refractivity contribution in [2.45, 2.75) is 31.5 Å². The van der Waals surface area contributed by atoms with Crippen LogP contribution in [-0.2, 0) is 27.4 Å². The molecule has 0 aromatic heterocycles. The molecule has 5 heteroatoms. The largest absolute Gasteiger partial charge is 0.492 e. The Bertz CT molecular complexity index is 675. The summed E-state index contributed by atoms with van der Waals surface area (Å²) in [4.78, 5) is 0. The van der Waals surface area contributed by atoms with Crippen LogP contribution in [0.25, 0.3) is 0 Å². The van der Waals surface area contributed by atoms with Crippen LogP contribution in [-0.4, -0.2) is 30.0 Å². The van der Waals surface area contributed by atoms with Crippen molar-refractivity contribution in [2.75, 3.05) is 6.61 Å². The third-order valence-corrected chi connectivity index (χ3v) is 4.65. The molecule has 2 aromatic carbocycles. The zero-order valence-electron chi connectivity index (χ0n) is 13.8. The number of rotatable bonds is 7. The normalized spacial score (nSPS) is 23.0. The Kier molecular flexibility index (Phi) is 6.64. The second-order valence-corrected chi connectivity index (χ2v) is 6.80. The van der Waals surface area contributed by atoms with Crippen molar-refractivity contribution in [1.82, 2.24) is 0 Å². The maximum atomic E-state index is 10.4. The molecule has 1 heterocycles. The van der Waals surface area contributed by atoms with Crippen molar-refractivity contribution in [3.05, 3.63) is 82.5 Å². The molecule has 0 unspecified atom stereocenters. The van der Waals surface area contributed by atoms with Crippen molar-refractivity contribution < 1.29 is 19.3 Å². The van der Waals surface area contributed by atoms with Crippen LogP contribution in [0, 0.1) is 0 Å². The van der Waals surface area contributed by atoms with E-state index in [9.17, 15) is 5.11 Å². The van der Waals surface area contributed by atoms with Gasteiger partial charge in [-0.05, 0) is 27.1 Å². The minimum absolute atomic E-state index is 0.336. The number of hydrogen-bond acceptors (Lipinski definition) is 4. The Hall–Kier alpha value is -1.66. The minimum Gasteiger partial charge on any atom is -0.492 e. The topological polar surface area (TPSA) is 47.9 Å². The van der Waals surface area contributed by atoms with Gasteiger partial charge in [0, 0.05) is 0 Å². The predicted molar refractivity (Wildman–Crippen MR) is 99.0 cm³/mol. The lowest BCUT2D eigenvalue weighted by Gasteiger charge is -2.33. The lowest BCUT2D eigenvalue weighted by molar-refractivity contribution is -0.131. The van der Waals surface area contributed by atoms with Crippen LogP contribution in [0.1, 0.15) is 11.1 Å². The van der Waals surface area contributed by atoms with Crippen molar-refractivity contribution >= 4 is 15.9 Å². The average molecular weight is 405 g/mol. The van der Waals surface area contributed by atoms with E-state index >= 15 is 0 Å². The first kappa shape index (κ1) is 18.1. The highest BCUT2D eigenvalue weighted by Gasteiger charge is 2.36. The van der Waals surface area contributed by atoms with E-state index in [1.807, 2.05) is 60.7 Å². The predicted octanol–water partition coefficient (Wildman–Crippen LogP) is 3.78. The van der Waals surface area contributed by atoms with E-state index in [1.54, 1.807) is 0 Å². The molecule has 1 aliphatic heterocycles. The molecule has 4 nitrogen and oxygen atoms in total. The highest BCUT2D eigenvalue weighted by molar-refractivity contribution is 9.11. The van der Waals surface area contributed by atoms with Crippen LogP contribution in [0.4, 0.5) is 0 Å². The molecular weight excluding hydrogens is 384 g/mol. The van der Waals surface area contributed by atoms with Gasteiger partial charge in [0.25, 0.3) is 0 Å². The first-order valence-electron chi connectivity index (χ1n) is 8.20. The Labute approximate surface area is 156 Å². The van der Waals surface area contributed by atoms with Crippen LogP contribution in [0.15, 0.2) is 71.4 Å². The van der Waals surface area contributed by atoms with E-state index in [0.29, 0.717) is 24.3 Å². The molecule has 1 aliphatic rings. The van der Waals surface area contributed by atoms with E-state index in [0.717, 1.165) is 11.1 Å². The summed E-state index contributed by atoms with van der Waals surface area (Å²) in [6.45, 7) is 1.23. The molecule has 0 bridgehead atoms. The molecule has 0 amide bonds. The van der Waals surface area contributed by atoms with E-state index < -0.39 is 12.2 Å². The van der Waals surface area contributed by atoms with Gasteiger partial charge in [0.05, 0.1) is 30.6 Å². The van der Waals surface area contributed by atoms with E-state index in [1.165, 1.54) is 6.26 Å². The summed E-state index contributed by atoms with van der Waals surface area (Å²) in [7, 11) is 0. The van der Waals surface area contributed by atoms with E-state index in [-0.39, 0.29) is 6.10 Å². The molecule has 0 spiro atoms. The summed E-state index contributed by atoms with van der Waals surface area (Å²) in [6.07, 6.45) is -0.134. The Morgan fingerprint density at radius 1 is 0.920 bits per heavy atom. The lowest BCUT2D eigenvalue weighted by Crippen LogP contribution is -2.46. The molecule has 0 fully saturated rings. The van der Waals surface area contributed by atoms with Crippen LogP contribution < -0.4 is 0 Å². The summed E-state index contributed by atoms with van der Waals surface area (Å²) in [5.41, 5.74) is 2.14. The van der Waals surface area contributed by atoms with Crippen molar-refractivity contribution in [2.24, 2.45) is 0 Å². The van der Waals surface area contributed by atoms with Crippen molar-refractivity contribution in [3.8, 4) is 0 Å². The fourth-order valence-corrected chi connectivity index (χ4v) is 2.99. The van der Waals surface area contributed by atoms with Gasteiger partial charge in [-0.2, -0.15) is 0 Å². The van der Waals surface area contributed by atoms with E-state index in [2.05, 4.69) is 15.9 Å². The second kappa shape index (κ2) is 9.15. The van der Waals surface area contributed by atoms with Crippen molar-refractivity contribution in [1.29, 1.82) is 0 Å². The lowest BCUT2D eigenvalue weighted by atomic mass is 10.1. The van der Waals surface area contributed by atoms with Crippen LogP contribution in [0.3, 0.4) is 0 Å². The smallest absolute Gasteiger partial charge is 0.150 e. The van der Waals surface area contributed by atoms with Gasteiger partial charge < -0.3 is 19.3 Å². The summed E-state index contributed by atoms with van der Waals surface area (Å²) in [5, 5.41) is 10.4. The van der Waals surface area contributed by atoms with Gasteiger partial charge in [0.2, 0.25) is 0 Å². The molecule has 132 valence electrons. The fourth-order valence-electron chi connectivity index (χ4n) is 2.63. The van der Waals surface area contributed by atoms with Gasteiger partial charge in [0.15, 0.2) is 6.10 Å². The number of aliphatic hydroxyl groups is 1. The monoisotopic (exact) mass is 404 g/mol. The number of hydrogen-bond donors (Lipinski definition) is 1. The van der Waals surface area contributed by atoms with Gasteiger partial charge in [-0.15, -0.1) is 0 Å². The number of aliphatic hydroxyl groups excluding tert-OH is 1. The molecular formula is C20H21BrO4. The highest BCUT2D eigenvalue weighted by Crippen LogP contribution is 2.27. The van der Waals surface area contributed by atoms with E-state index in [4.69, 9.17) is 14.2 Å². The molecule has 0 aliphatic carbocycles. The fraction of sp³-hybridized carbons (Fsp3) is 0.300. The molecule has 0 radical (unpaired) electrons. The van der Waals surface area contributed by atoms with Crippen LogP contribution in [0.2, 0.25) is 0 Å². The number of halogens is 1. The SMILES string of the molecule is O[C@H]1C(Br)=CO[C@H](COCc2ccccc2)[C@H]1OCc1ccccc1. The first-order chi connectivity index (χ1) is 12.2. The molecule has 2 aromatic rings. The zero-order valence-corrected chi connectivity index (χ0v) is 15.3. The van der Waals surface area contributed by atoms with Crippen molar-refractivity contribution in [3.63, 3.8) is 0 Å². The molecule has 25 heavy (non-hydrogen) atoms. The van der Waals surface area contributed by atoms with Gasteiger partial charge in [-0.1, -0.05) is 60.7 Å². The first-order valence-corrected chi connectivity index (χ1v) is 8.99. The summed E-state index contributed by atoms with van der Waals surface area (Å²) in [5.74, 6) is 0. The summed E-state index contributed by atoms with van der Waals surface area (Å²) >= 11 is 3.32. The molecule has 3 rings (SSSR count). The maximum Gasteiger partial charge on any atom is 0.150 e. The maximum absolute atomic E-state index is 10.4. The van der Waals surface area contributed by atoms with Crippen LogP contribution >= 0.6 is 15.9 Å². The molecule has 1 N–H and O–H groups in total. The average Bonchev–Trinajstić information content (AvgIpc) is 2.66. The number of ether oxygens (including phenoxy) is 3. The third kappa shape index (κ3) is 5.16. The molecule has 0 saturated carbocycles. The zero-order chi connectivity index (χ0) is 17.5. The third-order valence-electron chi connectivity index (χ3n) is 3.99. The van der Waals surface area contributed by atoms with Gasteiger partial charge in [-0.25, -0.2) is 0 Å². The quantitative estimate of drug-likeness (QED) is 0.762. The Morgan fingerprint density at radius 3 is 2.16 bits per heavy atom. The molecule has 0 saturated heterocycles. The Morgan fingerprint density at radius 2 is 1.52 bits per heavy atom. The van der Waals surface area contributed by atoms with Gasteiger partial charge in [-0.3, -0.25) is 0 Å². The molecule has 3 atom stereocenters. The van der Waals surface area contributed by atoms with Gasteiger partial charge >= 0.3 is 0 Å².